The lowest BCUT2D eigenvalue weighted by Gasteiger charge is -2.04. The Morgan fingerprint density at radius 3 is 3.13 bits per heavy atom. The number of aryl methyl sites for hydroxylation is 1. The topological polar surface area (TPSA) is 55.7 Å². The molecule has 2 unspecified atom stereocenters. The third kappa shape index (κ3) is 1.41. The van der Waals surface area contributed by atoms with Crippen LogP contribution in [0.1, 0.15) is 30.1 Å². The first kappa shape index (κ1) is 8.85. The highest BCUT2D eigenvalue weighted by molar-refractivity contribution is 5.43. The van der Waals surface area contributed by atoms with E-state index in [1.165, 1.54) is 0 Å². The fraction of sp³-hybridized carbons (Fsp3) is 0.455. The molecule has 1 heterocycles. The summed E-state index contributed by atoms with van der Waals surface area (Å²) in [5.74, 6) is 0. The van der Waals surface area contributed by atoms with E-state index < -0.39 is 0 Å². The van der Waals surface area contributed by atoms with Crippen molar-refractivity contribution >= 4 is 5.69 Å². The second-order valence-electron chi connectivity index (χ2n) is 4.13. The number of nitro groups is 1. The molecule has 0 saturated carbocycles. The highest BCUT2D eigenvalue weighted by Crippen LogP contribution is 2.46. The summed E-state index contributed by atoms with van der Waals surface area (Å²) < 4.78 is 5.51. The predicted molar refractivity (Wildman–Crippen MR) is 53.6 cm³/mol. The molecule has 1 aliphatic heterocycles. The summed E-state index contributed by atoms with van der Waals surface area (Å²) in [6.07, 6.45) is 3.66. The number of non-ortho nitro benzene ring substituents is 1. The molecule has 0 N–H and O–H groups in total. The van der Waals surface area contributed by atoms with Gasteiger partial charge in [-0.2, -0.15) is 0 Å². The monoisotopic (exact) mass is 205 g/mol. The summed E-state index contributed by atoms with van der Waals surface area (Å²) >= 11 is 0. The van der Waals surface area contributed by atoms with Crippen LogP contribution in [0.15, 0.2) is 18.2 Å². The zero-order chi connectivity index (χ0) is 10.4. The van der Waals surface area contributed by atoms with Crippen molar-refractivity contribution in [2.24, 2.45) is 0 Å². The summed E-state index contributed by atoms with van der Waals surface area (Å²) in [5.41, 5.74) is 2.44. The predicted octanol–water partition coefficient (Wildman–Crippen LogP) is 2.37. The third-order valence-corrected chi connectivity index (χ3v) is 3.16. The zero-order valence-corrected chi connectivity index (χ0v) is 8.18. The van der Waals surface area contributed by atoms with Crippen LogP contribution in [0, 0.1) is 10.1 Å². The number of fused-ring (bicyclic) bond motifs is 3. The van der Waals surface area contributed by atoms with E-state index in [1.807, 2.05) is 6.07 Å². The van der Waals surface area contributed by atoms with E-state index in [9.17, 15) is 10.1 Å². The van der Waals surface area contributed by atoms with Gasteiger partial charge in [0, 0.05) is 12.1 Å². The average molecular weight is 205 g/mol. The van der Waals surface area contributed by atoms with Gasteiger partial charge in [-0.1, -0.05) is 0 Å². The van der Waals surface area contributed by atoms with Gasteiger partial charge in [-0.15, -0.1) is 0 Å². The number of hydrogen-bond donors (Lipinski definition) is 0. The van der Waals surface area contributed by atoms with E-state index >= 15 is 0 Å². The van der Waals surface area contributed by atoms with E-state index in [1.54, 1.807) is 12.1 Å². The molecule has 0 spiro atoms. The first-order chi connectivity index (χ1) is 7.25. The molecule has 0 aromatic heterocycles. The molecule has 3 rings (SSSR count). The minimum Gasteiger partial charge on any atom is -0.364 e. The Kier molecular flexibility index (Phi) is 1.79. The molecule has 4 heteroatoms. The number of benzene rings is 1. The fourth-order valence-corrected chi connectivity index (χ4v) is 2.33. The maximum atomic E-state index is 10.6. The quantitative estimate of drug-likeness (QED) is 0.401. The van der Waals surface area contributed by atoms with Crippen LogP contribution >= 0.6 is 0 Å². The van der Waals surface area contributed by atoms with E-state index in [0.717, 1.165) is 30.4 Å². The fourth-order valence-electron chi connectivity index (χ4n) is 2.33. The van der Waals surface area contributed by atoms with Crippen LogP contribution in [0.5, 0.6) is 0 Å². The first-order valence-electron chi connectivity index (χ1n) is 5.18. The van der Waals surface area contributed by atoms with Gasteiger partial charge in [-0.25, -0.2) is 0 Å². The van der Waals surface area contributed by atoms with Crippen LogP contribution in [-0.4, -0.2) is 11.0 Å². The molecule has 0 bridgehead atoms. The van der Waals surface area contributed by atoms with E-state index in [-0.39, 0.29) is 16.7 Å². The number of hydrogen-bond acceptors (Lipinski definition) is 3. The Hall–Kier alpha value is -1.42. The van der Waals surface area contributed by atoms with Gasteiger partial charge in [0.05, 0.1) is 11.0 Å². The molecule has 1 fully saturated rings. The van der Waals surface area contributed by atoms with Crippen molar-refractivity contribution in [3.05, 3.63) is 39.4 Å². The zero-order valence-electron chi connectivity index (χ0n) is 8.18. The third-order valence-electron chi connectivity index (χ3n) is 3.16. The summed E-state index contributed by atoms with van der Waals surface area (Å²) in [6.45, 7) is 0. The number of nitrogens with zero attached hydrogens (tertiary/aromatic N) is 1. The van der Waals surface area contributed by atoms with Gasteiger partial charge in [-0.3, -0.25) is 10.1 Å². The summed E-state index contributed by atoms with van der Waals surface area (Å²) in [5, 5.41) is 10.6. The first-order valence-corrected chi connectivity index (χ1v) is 5.18. The maximum Gasteiger partial charge on any atom is 0.269 e. The maximum absolute atomic E-state index is 10.6. The molecule has 0 amide bonds. The Morgan fingerprint density at radius 1 is 1.47 bits per heavy atom. The largest absolute Gasteiger partial charge is 0.364 e. The SMILES string of the molecule is O=[N+]([O-])c1ccc2c(c1)CCCC1OC21. The van der Waals surface area contributed by atoms with Gasteiger partial charge in [0.1, 0.15) is 6.10 Å². The molecule has 4 nitrogen and oxygen atoms in total. The van der Waals surface area contributed by atoms with E-state index in [2.05, 4.69) is 0 Å². The Morgan fingerprint density at radius 2 is 2.33 bits per heavy atom. The highest BCUT2D eigenvalue weighted by Gasteiger charge is 2.42. The molecule has 78 valence electrons. The summed E-state index contributed by atoms with van der Waals surface area (Å²) in [6, 6.07) is 5.12. The summed E-state index contributed by atoms with van der Waals surface area (Å²) in [4.78, 5) is 10.3. The number of nitro benzene ring substituents is 1. The van der Waals surface area contributed by atoms with Crippen molar-refractivity contribution in [2.45, 2.75) is 31.5 Å². The van der Waals surface area contributed by atoms with E-state index in [4.69, 9.17) is 4.74 Å². The number of ether oxygens (including phenoxy) is 1. The number of rotatable bonds is 1. The van der Waals surface area contributed by atoms with Crippen molar-refractivity contribution < 1.29 is 9.66 Å². The smallest absolute Gasteiger partial charge is 0.269 e. The Balaban J connectivity index is 2.04. The molecule has 1 saturated heterocycles. The molecule has 2 aliphatic rings. The van der Waals surface area contributed by atoms with Gasteiger partial charge in [0.25, 0.3) is 5.69 Å². The van der Waals surface area contributed by atoms with Crippen LogP contribution in [-0.2, 0) is 11.2 Å². The second-order valence-corrected chi connectivity index (χ2v) is 4.13. The lowest BCUT2D eigenvalue weighted by atomic mass is 10.0. The number of epoxide rings is 1. The molecular formula is C11H11NO3. The minimum atomic E-state index is -0.337. The molecule has 15 heavy (non-hydrogen) atoms. The molecule has 2 atom stereocenters. The van der Waals surface area contributed by atoms with E-state index in [0.29, 0.717) is 6.10 Å². The lowest BCUT2D eigenvalue weighted by molar-refractivity contribution is -0.384. The van der Waals surface area contributed by atoms with Crippen LogP contribution in [0.25, 0.3) is 0 Å². The lowest BCUT2D eigenvalue weighted by Crippen LogP contribution is -1.95. The van der Waals surface area contributed by atoms with Gasteiger partial charge in [0.2, 0.25) is 0 Å². The standard InChI is InChI=1S/C11H11NO3/c13-12(14)8-4-5-9-7(6-8)2-1-3-10-11(9)15-10/h4-6,10-11H,1-3H2. The Bertz CT molecular complexity index is 430. The van der Waals surface area contributed by atoms with Crippen molar-refractivity contribution in [1.82, 2.24) is 0 Å². The van der Waals surface area contributed by atoms with Crippen LogP contribution < -0.4 is 0 Å². The van der Waals surface area contributed by atoms with Crippen molar-refractivity contribution in [3.63, 3.8) is 0 Å². The minimum absolute atomic E-state index is 0.188. The molecule has 1 aromatic rings. The van der Waals surface area contributed by atoms with Gasteiger partial charge in [0.15, 0.2) is 0 Å². The molecule has 1 aromatic carbocycles. The van der Waals surface area contributed by atoms with Gasteiger partial charge < -0.3 is 4.74 Å². The molecule has 1 aliphatic carbocycles. The van der Waals surface area contributed by atoms with Gasteiger partial charge >= 0.3 is 0 Å². The van der Waals surface area contributed by atoms with Crippen molar-refractivity contribution in [2.75, 3.05) is 0 Å². The normalized spacial score (nSPS) is 27.5. The average Bonchev–Trinajstić information content (AvgIpc) is 2.95. The second kappa shape index (κ2) is 3.03. The van der Waals surface area contributed by atoms with Crippen molar-refractivity contribution in [1.29, 1.82) is 0 Å². The Labute approximate surface area is 87.0 Å². The molecule has 0 radical (unpaired) electrons. The van der Waals surface area contributed by atoms with Crippen molar-refractivity contribution in [3.8, 4) is 0 Å². The van der Waals surface area contributed by atoms with Crippen LogP contribution in [0.4, 0.5) is 5.69 Å². The van der Waals surface area contributed by atoms with Gasteiger partial charge in [-0.05, 0) is 36.5 Å². The van der Waals surface area contributed by atoms with Crippen LogP contribution in [0.2, 0.25) is 0 Å². The van der Waals surface area contributed by atoms with Crippen LogP contribution in [0.3, 0.4) is 0 Å². The summed E-state index contributed by atoms with van der Waals surface area (Å²) in [7, 11) is 0. The highest BCUT2D eigenvalue weighted by atomic mass is 16.6. The molecular weight excluding hydrogens is 194 g/mol.